The Labute approximate surface area is 97.9 Å². The molecule has 1 heterocycles. The molecule has 2 N–H and O–H groups in total. The van der Waals surface area contributed by atoms with Crippen molar-refractivity contribution in [2.45, 2.75) is 45.7 Å². The Hall–Kier alpha value is -0.930. The summed E-state index contributed by atoms with van der Waals surface area (Å²) in [6, 6.07) is 4.11. The van der Waals surface area contributed by atoms with E-state index in [1.807, 2.05) is 19.2 Å². The van der Waals surface area contributed by atoms with E-state index in [0.29, 0.717) is 0 Å². The number of aryl methyl sites for hydroxylation is 1. The average molecular weight is 222 g/mol. The van der Waals surface area contributed by atoms with Crippen LogP contribution in [0.2, 0.25) is 0 Å². The van der Waals surface area contributed by atoms with Crippen LogP contribution in [0.4, 0.5) is 0 Å². The Bertz CT molecular complexity index is 310. The fourth-order valence-electron chi connectivity index (χ4n) is 1.54. The van der Waals surface area contributed by atoms with Crippen LogP contribution in [0.25, 0.3) is 0 Å². The highest BCUT2D eigenvalue weighted by Gasteiger charge is 2.20. The van der Waals surface area contributed by atoms with Gasteiger partial charge in [-0.1, -0.05) is 13.0 Å². The van der Waals surface area contributed by atoms with Crippen LogP contribution in [0.3, 0.4) is 0 Å². The van der Waals surface area contributed by atoms with Gasteiger partial charge in [-0.15, -0.1) is 0 Å². The predicted octanol–water partition coefficient (Wildman–Crippen LogP) is 2.03. The summed E-state index contributed by atoms with van der Waals surface area (Å²) < 4.78 is 0. The van der Waals surface area contributed by atoms with Crippen molar-refractivity contribution >= 4 is 0 Å². The van der Waals surface area contributed by atoms with E-state index in [4.69, 9.17) is 5.11 Å². The minimum atomic E-state index is 0.00131. The van der Waals surface area contributed by atoms with Gasteiger partial charge in [-0.05, 0) is 38.3 Å². The molecular weight excluding hydrogens is 200 g/mol. The lowest BCUT2D eigenvalue weighted by molar-refractivity contribution is 0.214. The fraction of sp³-hybridized carbons (Fsp3) is 0.615. The molecule has 0 aromatic carbocycles. The van der Waals surface area contributed by atoms with Crippen LogP contribution in [-0.4, -0.2) is 22.2 Å². The zero-order chi connectivity index (χ0) is 12.0. The van der Waals surface area contributed by atoms with Crippen LogP contribution < -0.4 is 5.32 Å². The minimum absolute atomic E-state index is 0.00131. The third kappa shape index (κ3) is 3.91. The Morgan fingerprint density at radius 1 is 1.44 bits per heavy atom. The topological polar surface area (TPSA) is 45.1 Å². The molecule has 1 unspecified atom stereocenters. The third-order valence-electron chi connectivity index (χ3n) is 3.11. The monoisotopic (exact) mass is 222 g/mol. The lowest BCUT2D eigenvalue weighted by Gasteiger charge is -2.29. The Kier molecular flexibility index (Phi) is 4.90. The van der Waals surface area contributed by atoms with Crippen LogP contribution in [-0.2, 0) is 6.54 Å². The van der Waals surface area contributed by atoms with Crippen molar-refractivity contribution in [2.75, 3.05) is 6.61 Å². The molecule has 1 rings (SSSR count). The van der Waals surface area contributed by atoms with Crippen molar-refractivity contribution in [3.8, 4) is 0 Å². The molecule has 0 aliphatic carbocycles. The van der Waals surface area contributed by atoms with Gasteiger partial charge in [-0.3, -0.25) is 4.98 Å². The summed E-state index contributed by atoms with van der Waals surface area (Å²) >= 11 is 0. The summed E-state index contributed by atoms with van der Waals surface area (Å²) in [6.45, 7) is 7.28. The molecule has 0 radical (unpaired) electrons. The van der Waals surface area contributed by atoms with Gasteiger partial charge in [0.15, 0.2) is 0 Å². The van der Waals surface area contributed by atoms with Crippen molar-refractivity contribution < 1.29 is 5.11 Å². The van der Waals surface area contributed by atoms with Crippen molar-refractivity contribution in [3.63, 3.8) is 0 Å². The Balaban J connectivity index is 2.52. The predicted molar refractivity (Wildman–Crippen MR) is 66.2 cm³/mol. The normalized spacial score (nSPS) is 14.8. The quantitative estimate of drug-likeness (QED) is 0.774. The average Bonchev–Trinajstić information content (AvgIpc) is 2.29. The van der Waals surface area contributed by atoms with Crippen molar-refractivity contribution in [3.05, 3.63) is 29.6 Å². The standard InChI is InChI=1S/C13H22N2O/c1-4-13(3,7-8-16)15-10-12-6-5-11(2)9-14-12/h5-6,9,15-16H,4,7-8,10H2,1-3H3. The maximum atomic E-state index is 9.01. The third-order valence-corrected chi connectivity index (χ3v) is 3.11. The van der Waals surface area contributed by atoms with Gasteiger partial charge in [0.2, 0.25) is 0 Å². The smallest absolute Gasteiger partial charge is 0.0542 e. The zero-order valence-corrected chi connectivity index (χ0v) is 10.5. The summed E-state index contributed by atoms with van der Waals surface area (Å²) in [4.78, 5) is 4.35. The van der Waals surface area contributed by atoms with Crippen LogP contribution in [0.5, 0.6) is 0 Å². The van der Waals surface area contributed by atoms with Crippen molar-refractivity contribution in [2.24, 2.45) is 0 Å². The van der Waals surface area contributed by atoms with E-state index in [0.717, 1.165) is 25.1 Å². The molecule has 16 heavy (non-hydrogen) atoms. The van der Waals surface area contributed by atoms with E-state index < -0.39 is 0 Å². The second-order valence-corrected chi connectivity index (χ2v) is 4.57. The second kappa shape index (κ2) is 5.97. The number of nitrogens with zero attached hydrogens (tertiary/aromatic N) is 1. The first-order chi connectivity index (χ1) is 7.59. The van der Waals surface area contributed by atoms with Crippen molar-refractivity contribution in [1.82, 2.24) is 10.3 Å². The molecule has 0 saturated heterocycles. The van der Waals surface area contributed by atoms with E-state index in [9.17, 15) is 0 Å². The van der Waals surface area contributed by atoms with Crippen molar-refractivity contribution in [1.29, 1.82) is 0 Å². The van der Waals surface area contributed by atoms with E-state index >= 15 is 0 Å². The van der Waals surface area contributed by atoms with E-state index in [-0.39, 0.29) is 12.1 Å². The molecule has 0 spiro atoms. The van der Waals surface area contributed by atoms with Gasteiger partial charge in [0.25, 0.3) is 0 Å². The molecule has 3 heteroatoms. The molecule has 0 amide bonds. The van der Waals surface area contributed by atoms with Crippen LogP contribution in [0.15, 0.2) is 18.3 Å². The maximum absolute atomic E-state index is 9.01. The molecule has 1 aromatic rings. The molecule has 3 nitrogen and oxygen atoms in total. The summed E-state index contributed by atoms with van der Waals surface area (Å²) in [5.74, 6) is 0. The van der Waals surface area contributed by atoms with E-state index in [2.05, 4.69) is 30.2 Å². The molecule has 1 aromatic heterocycles. The lowest BCUT2D eigenvalue weighted by atomic mass is 9.95. The van der Waals surface area contributed by atoms with E-state index in [1.54, 1.807) is 0 Å². The summed E-state index contributed by atoms with van der Waals surface area (Å²) in [5, 5.41) is 12.5. The summed E-state index contributed by atoms with van der Waals surface area (Å²) in [5.41, 5.74) is 2.22. The van der Waals surface area contributed by atoms with Gasteiger partial charge >= 0.3 is 0 Å². The molecular formula is C13H22N2O. The van der Waals surface area contributed by atoms with Gasteiger partial charge in [-0.2, -0.15) is 0 Å². The summed E-state index contributed by atoms with van der Waals surface area (Å²) in [7, 11) is 0. The number of nitrogens with one attached hydrogen (secondary N) is 1. The molecule has 1 atom stereocenters. The number of pyridine rings is 1. The molecule has 0 aliphatic heterocycles. The number of aliphatic hydroxyl groups excluding tert-OH is 1. The zero-order valence-electron chi connectivity index (χ0n) is 10.5. The molecule has 0 saturated carbocycles. The van der Waals surface area contributed by atoms with Gasteiger partial charge in [0.05, 0.1) is 5.69 Å². The molecule has 0 bridgehead atoms. The first-order valence-corrected chi connectivity index (χ1v) is 5.87. The number of aromatic nitrogens is 1. The highest BCUT2D eigenvalue weighted by atomic mass is 16.3. The fourth-order valence-corrected chi connectivity index (χ4v) is 1.54. The molecule has 0 aliphatic rings. The first kappa shape index (κ1) is 13.1. The molecule has 90 valence electrons. The number of hydrogen-bond acceptors (Lipinski definition) is 3. The van der Waals surface area contributed by atoms with E-state index in [1.165, 1.54) is 5.56 Å². The van der Waals surface area contributed by atoms with Gasteiger partial charge in [-0.25, -0.2) is 0 Å². The Morgan fingerprint density at radius 2 is 2.19 bits per heavy atom. The van der Waals surface area contributed by atoms with Crippen LogP contribution >= 0.6 is 0 Å². The van der Waals surface area contributed by atoms with Gasteiger partial charge < -0.3 is 10.4 Å². The largest absolute Gasteiger partial charge is 0.396 e. The highest BCUT2D eigenvalue weighted by Crippen LogP contribution is 2.14. The lowest BCUT2D eigenvalue weighted by Crippen LogP contribution is -2.42. The van der Waals surface area contributed by atoms with Crippen LogP contribution in [0, 0.1) is 6.92 Å². The SMILES string of the molecule is CCC(C)(CCO)NCc1ccc(C)cn1. The first-order valence-electron chi connectivity index (χ1n) is 5.87. The second-order valence-electron chi connectivity index (χ2n) is 4.57. The minimum Gasteiger partial charge on any atom is -0.396 e. The molecule has 0 fully saturated rings. The summed E-state index contributed by atoms with van der Waals surface area (Å²) in [6.07, 6.45) is 3.65. The number of rotatable bonds is 6. The highest BCUT2D eigenvalue weighted by molar-refractivity contribution is 5.12. The number of hydrogen-bond donors (Lipinski definition) is 2. The van der Waals surface area contributed by atoms with Crippen LogP contribution in [0.1, 0.15) is 37.9 Å². The number of aliphatic hydroxyl groups is 1. The maximum Gasteiger partial charge on any atom is 0.0542 e. The Morgan fingerprint density at radius 3 is 2.69 bits per heavy atom. The van der Waals surface area contributed by atoms with Gasteiger partial charge in [0, 0.05) is 24.9 Å². The van der Waals surface area contributed by atoms with Gasteiger partial charge in [0.1, 0.15) is 0 Å².